The lowest BCUT2D eigenvalue weighted by Crippen LogP contribution is -2.24. The van der Waals surface area contributed by atoms with Crippen molar-refractivity contribution in [3.05, 3.63) is 29.4 Å². The maximum absolute atomic E-state index is 5.48. The van der Waals surface area contributed by atoms with E-state index in [4.69, 9.17) is 9.47 Å². The third-order valence-electron chi connectivity index (χ3n) is 4.66. The number of rotatable bonds is 7. The number of hydrogen-bond acceptors (Lipinski definition) is 5. The van der Waals surface area contributed by atoms with Crippen LogP contribution >= 0.6 is 11.3 Å². The van der Waals surface area contributed by atoms with Crippen molar-refractivity contribution in [3.63, 3.8) is 0 Å². The average molecular weight is 346 g/mol. The molecule has 1 aliphatic carbocycles. The maximum Gasteiger partial charge on any atom is 0.127 e. The zero-order valence-electron chi connectivity index (χ0n) is 14.5. The predicted molar refractivity (Wildman–Crippen MR) is 98.9 cm³/mol. The lowest BCUT2D eigenvalue weighted by molar-refractivity contribution is 0.342. The molecule has 1 saturated carbocycles. The van der Waals surface area contributed by atoms with E-state index in [1.165, 1.54) is 32.1 Å². The molecule has 1 aliphatic rings. The van der Waals surface area contributed by atoms with Crippen molar-refractivity contribution < 1.29 is 9.47 Å². The second kappa shape index (κ2) is 8.49. The third kappa shape index (κ3) is 4.28. The number of nitrogens with zero attached hydrogens (tertiary/aromatic N) is 1. The van der Waals surface area contributed by atoms with Crippen LogP contribution in [0.5, 0.6) is 11.5 Å². The lowest BCUT2D eigenvalue weighted by atomic mass is 9.89. The number of nitrogens with one attached hydrogen (secondary N) is 1. The van der Waals surface area contributed by atoms with Crippen LogP contribution < -0.4 is 14.8 Å². The van der Waals surface area contributed by atoms with Crippen LogP contribution in [0.1, 0.15) is 37.1 Å². The van der Waals surface area contributed by atoms with Gasteiger partial charge in [-0.25, -0.2) is 4.98 Å². The van der Waals surface area contributed by atoms with Gasteiger partial charge in [0.1, 0.15) is 16.5 Å². The summed E-state index contributed by atoms with van der Waals surface area (Å²) in [6.07, 6.45) is 8.87. The summed E-state index contributed by atoms with van der Waals surface area (Å²) in [5.74, 6) is 2.52. The van der Waals surface area contributed by atoms with Crippen molar-refractivity contribution in [2.24, 2.45) is 5.92 Å². The number of aromatic nitrogens is 1. The Morgan fingerprint density at radius 3 is 2.75 bits per heavy atom. The van der Waals surface area contributed by atoms with Gasteiger partial charge in [-0.15, -0.1) is 11.3 Å². The molecule has 5 heteroatoms. The van der Waals surface area contributed by atoms with Gasteiger partial charge in [-0.2, -0.15) is 0 Å². The molecule has 2 aromatic rings. The van der Waals surface area contributed by atoms with Crippen molar-refractivity contribution in [1.29, 1.82) is 0 Å². The fraction of sp³-hybridized carbons (Fsp3) is 0.526. The molecular formula is C19H26N2O2S. The Morgan fingerprint density at radius 2 is 2.00 bits per heavy atom. The van der Waals surface area contributed by atoms with E-state index in [0.29, 0.717) is 0 Å². The first-order valence-corrected chi connectivity index (χ1v) is 9.49. The Bertz CT molecular complexity index is 651. The molecular weight excluding hydrogens is 320 g/mol. The SMILES string of the molecule is COc1ccc(OC)c(-c2cnc(CNCC3CCCCC3)s2)c1. The fourth-order valence-electron chi connectivity index (χ4n) is 3.30. The first kappa shape index (κ1) is 17.2. The van der Waals surface area contributed by atoms with E-state index in [2.05, 4.69) is 10.3 Å². The minimum Gasteiger partial charge on any atom is -0.497 e. The zero-order chi connectivity index (χ0) is 16.8. The highest BCUT2D eigenvalue weighted by atomic mass is 32.1. The molecule has 0 bridgehead atoms. The third-order valence-corrected chi connectivity index (χ3v) is 5.69. The summed E-state index contributed by atoms with van der Waals surface area (Å²) in [4.78, 5) is 5.68. The van der Waals surface area contributed by atoms with Crippen molar-refractivity contribution >= 4 is 11.3 Å². The number of hydrogen-bond donors (Lipinski definition) is 1. The van der Waals surface area contributed by atoms with Crippen molar-refractivity contribution in [2.45, 2.75) is 38.6 Å². The fourth-order valence-corrected chi connectivity index (χ4v) is 4.21. The van der Waals surface area contributed by atoms with Crippen molar-refractivity contribution in [2.75, 3.05) is 20.8 Å². The van der Waals surface area contributed by atoms with Gasteiger partial charge >= 0.3 is 0 Å². The monoisotopic (exact) mass is 346 g/mol. The van der Waals surface area contributed by atoms with E-state index >= 15 is 0 Å². The molecule has 0 saturated heterocycles. The highest BCUT2D eigenvalue weighted by Gasteiger charge is 2.14. The molecule has 24 heavy (non-hydrogen) atoms. The topological polar surface area (TPSA) is 43.4 Å². The van der Waals surface area contributed by atoms with E-state index in [-0.39, 0.29) is 0 Å². The van der Waals surface area contributed by atoms with Crippen molar-refractivity contribution in [3.8, 4) is 21.9 Å². The molecule has 0 amide bonds. The summed E-state index contributed by atoms with van der Waals surface area (Å²) < 4.78 is 10.8. The smallest absolute Gasteiger partial charge is 0.127 e. The predicted octanol–water partition coefficient (Wildman–Crippen LogP) is 4.50. The maximum atomic E-state index is 5.48. The number of benzene rings is 1. The summed E-state index contributed by atoms with van der Waals surface area (Å²) in [5.41, 5.74) is 1.04. The van der Waals surface area contributed by atoms with E-state index in [0.717, 1.165) is 46.0 Å². The molecule has 1 fully saturated rings. The Morgan fingerprint density at radius 1 is 1.17 bits per heavy atom. The highest BCUT2D eigenvalue weighted by Crippen LogP contribution is 2.36. The molecule has 130 valence electrons. The quantitative estimate of drug-likeness (QED) is 0.802. The summed E-state index contributed by atoms with van der Waals surface area (Å²) in [6, 6.07) is 5.86. The van der Waals surface area contributed by atoms with Crippen LogP contribution in [0.2, 0.25) is 0 Å². The molecule has 1 heterocycles. The standard InChI is InChI=1S/C19H26N2O2S/c1-22-15-8-9-17(23-2)16(10-15)18-12-21-19(24-18)13-20-11-14-6-4-3-5-7-14/h8-10,12,14,20H,3-7,11,13H2,1-2H3. The molecule has 0 spiro atoms. The van der Waals surface area contributed by atoms with Gasteiger partial charge in [0.15, 0.2) is 0 Å². The molecule has 0 aliphatic heterocycles. The first-order valence-electron chi connectivity index (χ1n) is 8.68. The Labute approximate surface area is 148 Å². The van der Waals surface area contributed by atoms with E-state index in [1.54, 1.807) is 25.6 Å². The van der Waals surface area contributed by atoms with Crippen LogP contribution in [-0.2, 0) is 6.54 Å². The van der Waals surface area contributed by atoms with E-state index in [1.807, 2.05) is 24.4 Å². The van der Waals surface area contributed by atoms with Gasteiger partial charge < -0.3 is 14.8 Å². The van der Waals surface area contributed by atoms with Crippen LogP contribution in [0.15, 0.2) is 24.4 Å². The van der Waals surface area contributed by atoms with Crippen LogP contribution in [0.4, 0.5) is 0 Å². The van der Waals surface area contributed by atoms with E-state index in [9.17, 15) is 0 Å². The van der Waals surface area contributed by atoms with Gasteiger partial charge in [-0.05, 0) is 43.5 Å². The molecule has 0 atom stereocenters. The summed E-state index contributed by atoms with van der Waals surface area (Å²) in [5, 5.41) is 4.70. The minimum absolute atomic E-state index is 0.830. The van der Waals surface area contributed by atoms with Gasteiger partial charge in [-0.3, -0.25) is 0 Å². The van der Waals surface area contributed by atoms with E-state index < -0.39 is 0 Å². The summed E-state index contributed by atoms with van der Waals surface area (Å²) >= 11 is 1.71. The number of ether oxygens (including phenoxy) is 2. The first-order chi connectivity index (χ1) is 11.8. The van der Waals surface area contributed by atoms with Gasteiger partial charge in [0, 0.05) is 18.3 Å². The van der Waals surface area contributed by atoms with Gasteiger partial charge in [0.25, 0.3) is 0 Å². The van der Waals surface area contributed by atoms with Crippen LogP contribution in [0, 0.1) is 5.92 Å². The summed E-state index contributed by atoms with van der Waals surface area (Å²) in [7, 11) is 3.37. The Kier molecular flexibility index (Phi) is 6.10. The Hall–Kier alpha value is -1.59. The molecule has 4 nitrogen and oxygen atoms in total. The van der Waals surface area contributed by atoms with Gasteiger partial charge in [-0.1, -0.05) is 19.3 Å². The van der Waals surface area contributed by atoms with Gasteiger partial charge in [0.2, 0.25) is 0 Å². The largest absolute Gasteiger partial charge is 0.497 e. The van der Waals surface area contributed by atoms with Crippen LogP contribution in [0.3, 0.4) is 0 Å². The molecule has 1 N–H and O–H groups in total. The zero-order valence-corrected chi connectivity index (χ0v) is 15.3. The second-order valence-electron chi connectivity index (χ2n) is 6.32. The Balaban J connectivity index is 1.62. The molecule has 1 aromatic carbocycles. The van der Waals surface area contributed by atoms with Crippen molar-refractivity contribution in [1.82, 2.24) is 10.3 Å². The molecule has 0 radical (unpaired) electrons. The average Bonchev–Trinajstić information content (AvgIpc) is 3.11. The number of methoxy groups -OCH3 is 2. The molecule has 1 aromatic heterocycles. The van der Waals surface area contributed by atoms with Crippen LogP contribution in [-0.4, -0.2) is 25.7 Å². The highest BCUT2D eigenvalue weighted by molar-refractivity contribution is 7.15. The lowest BCUT2D eigenvalue weighted by Gasteiger charge is -2.21. The minimum atomic E-state index is 0.830. The van der Waals surface area contributed by atoms with Gasteiger partial charge in [0.05, 0.1) is 19.1 Å². The second-order valence-corrected chi connectivity index (χ2v) is 7.43. The molecule has 0 unspecified atom stereocenters. The summed E-state index contributed by atoms with van der Waals surface area (Å²) in [6.45, 7) is 1.95. The molecule has 3 rings (SSSR count). The number of thiazole rings is 1. The normalized spacial score (nSPS) is 15.4. The van der Waals surface area contributed by atoms with Crippen LogP contribution in [0.25, 0.3) is 10.4 Å².